The summed E-state index contributed by atoms with van der Waals surface area (Å²) in [5.74, 6) is -0.780. The largest absolute Gasteiger partial charge is 0.454 e. The molecule has 0 radical (unpaired) electrons. The maximum absolute atomic E-state index is 14.6. The molecule has 3 aromatic carbocycles. The van der Waals surface area contributed by atoms with E-state index in [-0.39, 0.29) is 28.2 Å². The number of rotatable bonds is 7. The Morgan fingerprint density at radius 2 is 1.95 bits per heavy atom. The molecule has 1 aliphatic rings. The smallest absolute Gasteiger partial charge is 0.257 e. The maximum Gasteiger partial charge on any atom is 0.257 e. The van der Waals surface area contributed by atoms with Crippen molar-refractivity contribution in [2.24, 2.45) is 5.92 Å². The number of amides is 2. The molecule has 1 aliphatic carbocycles. The number of hydrogen-bond donors (Lipinski definition) is 2. The Labute approximate surface area is 227 Å². The number of nitriles is 1. The average Bonchev–Trinajstić information content (AvgIpc) is 3.66. The van der Waals surface area contributed by atoms with Crippen LogP contribution in [0.5, 0.6) is 11.5 Å². The number of aromatic nitrogens is 1. The van der Waals surface area contributed by atoms with Gasteiger partial charge in [0, 0.05) is 23.7 Å². The van der Waals surface area contributed by atoms with Crippen LogP contribution in [-0.4, -0.2) is 16.8 Å². The number of ether oxygens (including phenoxy) is 1. The van der Waals surface area contributed by atoms with E-state index in [0.717, 1.165) is 17.5 Å². The molecule has 2 amide bonds. The second kappa shape index (κ2) is 10.0. The molecule has 5 rings (SSSR count). The topological polar surface area (TPSA) is 104 Å². The lowest BCUT2D eigenvalue weighted by Crippen LogP contribution is -2.18. The third kappa shape index (κ3) is 5.32. The molecule has 7 nitrogen and oxygen atoms in total. The van der Waals surface area contributed by atoms with E-state index in [4.69, 9.17) is 16.3 Å². The molecule has 0 bridgehead atoms. The molecular weight excluding hydrogens is 527 g/mol. The quantitative estimate of drug-likeness (QED) is 0.252. The van der Waals surface area contributed by atoms with Gasteiger partial charge in [-0.05, 0) is 62.6 Å². The van der Waals surface area contributed by atoms with E-state index < -0.39 is 17.1 Å². The van der Waals surface area contributed by atoms with Gasteiger partial charge in [-0.25, -0.2) is 9.37 Å². The van der Waals surface area contributed by atoms with Crippen LogP contribution in [0.25, 0.3) is 10.2 Å². The number of halogens is 2. The van der Waals surface area contributed by atoms with Gasteiger partial charge in [0.15, 0.2) is 16.7 Å². The molecular formula is C28H22ClFN4O3S. The summed E-state index contributed by atoms with van der Waals surface area (Å²) in [5.41, 5.74) is 0.836. The van der Waals surface area contributed by atoms with Gasteiger partial charge >= 0.3 is 0 Å². The van der Waals surface area contributed by atoms with Gasteiger partial charge in [-0.2, -0.15) is 5.26 Å². The van der Waals surface area contributed by atoms with Crippen molar-refractivity contribution in [3.63, 3.8) is 0 Å². The van der Waals surface area contributed by atoms with Crippen molar-refractivity contribution >= 4 is 55.8 Å². The Kier molecular flexibility index (Phi) is 6.78. The standard InChI is InChI=1S/C28H22ClFN4O3S/c1-28(2,14-31)19-5-3-4-18(24(19)29)26(36)32-16-8-10-20(30)22(12-16)37-17-9-11-21-23(13-17)38-27(33-21)34-25(35)15-6-7-15/h3-5,8-13,15H,6-7H2,1-2H3,(H,32,36)(H,33,34,35). The fraction of sp³-hybridized carbons (Fsp3) is 0.214. The Bertz CT molecular complexity index is 1620. The van der Waals surface area contributed by atoms with Crippen LogP contribution in [0.15, 0.2) is 54.6 Å². The molecule has 38 heavy (non-hydrogen) atoms. The van der Waals surface area contributed by atoms with Crippen LogP contribution in [0.4, 0.5) is 15.2 Å². The number of fused-ring (bicyclic) bond motifs is 1. The Hall–Kier alpha value is -4.00. The van der Waals surface area contributed by atoms with Crippen LogP contribution >= 0.6 is 22.9 Å². The van der Waals surface area contributed by atoms with Crippen LogP contribution in [0, 0.1) is 23.1 Å². The second-order valence-electron chi connectivity index (χ2n) is 9.52. The van der Waals surface area contributed by atoms with Gasteiger partial charge in [-0.1, -0.05) is 35.1 Å². The monoisotopic (exact) mass is 548 g/mol. The van der Waals surface area contributed by atoms with Crippen molar-refractivity contribution in [2.75, 3.05) is 10.6 Å². The third-order valence-electron chi connectivity index (χ3n) is 6.15. The highest BCUT2D eigenvalue weighted by Gasteiger charge is 2.30. The zero-order valence-corrected chi connectivity index (χ0v) is 22.0. The summed E-state index contributed by atoms with van der Waals surface area (Å²) in [6, 6.07) is 16.2. The molecule has 0 unspecified atom stereocenters. The van der Waals surface area contributed by atoms with E-state index in [0.29, 0.717) is 27.6 Å². The van der Waals surface area contributed by atoms with E-state index in [9.17, 15) is 19.2 Å². The molecule has 192 valence electrons. The number of benzene rings is 3. The fourth-order valence-corrected chi connectivity index (χ4v) is 5.16. The van der Waals surface area contributed by atoms with E-state index in [1.165, 1.54) is 29.5 Å². The van der Waals surface area contributed by atoms with E-state index in [1.807, 2.05) is 0 Å². The van der Waals surface area contributed by atoms with E-state index in [1.54, 1.807) is 50.2 Å². The zero-order chi connectivity index (χ0) is 27.0. The van der Waals surface area contributed by atoms with Gasteiger partial charge < -0.3 is 15.4 Å². The van der Waals surface area contributed by atoms with Crippen LogP contribution in [0.2, 0.25) is 5.02 Å². The summed E-state index contributed by atoms with van der Waals surface area (Å²) in [5, 5.41) is 15.7. The van der Waals surface area contributed by atoms with Gasteiger partial charge in [0.2, 0.25) is 5.91 Å². The Morgan fingerprint density at radius 1 is 1.16 bits per heavy atom. The van der Waals surface area contributed by atoms with Crippen LogP contribution in [0.1, 0.15) is 42.6 Å². The normalized spacial score (nSPS) is 13.1. The lowest BCUT2D eigenvalue weighted by atomic mass is 9.85. The molecule has 1 fully saturated rings. The first-order valence-electron chi connectivity index (χ1n) is 11.8. The molecule has 0 aliphatic heterocycles. The molecule has 1 aromatic heterocycles. The Morgan fingerprint density at radius 3 is 2.68 bits per heavy atom. The van der Waals surface area contributed by atoms with Crippen molar-refractivity contribution in [2.45, 2.75) is 32.1 Å². The summed E-state index contributed by atoms with van der Waals surface area (Å²) >= 11 is 7.78. The number of nitrogens with zero attached hydrogens (tertiary/aromatic N) is 2. The molecule has 0 atom stereocenters. The first-order chi connectivity index (χ1) is 18.1. The van der Waals surface area contributed by atoms with Gasteiger partial charge in [0.05, 0.1) is 32.3 Å². The summed E-state index contributed by atoms with van der Waals surface area (Å²) in [7, 11) is 0. The number of carbonyl (C=O) groups excluding carboxylic acids is 2. The predicted molar refractivity (Wildman–Crippen MR) is 145 cm³/mol. The first-order valence-corrected chi connectivity index (χ1v) is 13.0. The SMILES string of the molecule is CC(C)(C#N)c1cccc(C(=O)Nc2ccc(F)c(Oc3ccc4nc(NC(=O)C5CC5)sc4c3)c2)c1Cl. The zero-order valence-electron chi connectivity index (χ0n) is 20.5. The van der Waals surface area contributed by atoms with E-state index >= 15 is 0 Å². The minimum Gasteiger partial charge on any atom is -0.454 e. The van der Waals surface area contributed by atoms with Crippen LogP contribution in [0.3, 0.4) is 0 Å². The Balaban J connectivity index is 1.34. The average molecular weight is 549 g/mol. The van der Waals surface area contributed by atoms with Crippen molar-refractivity contribution < 1.29 is 18.7 Å². The third-order valence-corrected chi connectivity index (χ3v) is 7.49. The molecule has 10 heteroatoms. The predicted octanol–water partition coefficient (Wildman–Crippen LogP) is 7.28. The number of nitrogens with one attached hydrogen (secondary N) is 2. The molecule has 2 N–H and O–H groups in total. The first kappa shape index (κ1) is 25.6. The molecule has 0 saturated heterocycles. The van der Waals surface area contributed by atoms with Gasteiger partial charge in [-0.3, -0.25) is 9.59 Å². The van der Waals surface area contributed by atoms with Gasteiger partial charge in [-0.15, -0.1) is 0 Å². The van der Waals surface area contributed by atoms with Crippen LogP contribution in [-0.2, 0) is 10.2 Å². The lowest BCUT2D eigenvalue weighted by Gasteiger charge is -2.19. The lowest BCUT2D eigenvalue weighted by molar-refractivity contribution is -0.117. The van der Waals surface area contributed by atoms with Gasteiger partial charge in [0.1, 0.15) is 5.75 Å². The van der Waals surface area contributed by atoms with Crippen molar-refractivity contribution in [3.8, 4) is 17.6 Å². The van der Waals surface area contributed by atoms with E-state index in [2.05, 4.69) is 21.7 Å². The van der Waals surface area contributed by atoms with Gasteiger partial charge in [0.25, 0.3) is 5.91 Å². The molecule has 1 heterocycles. The highest BCUT2D eigenvalue weighted by Crippen LogP contribution is 2.36. The highest BCUT2D eigenvalue weighted by atomic mass is 35.5. The van der Waals surface area contributed by atoms with Crippen LogP contribution < -0.4 is 15.4 Å². The van der Waals surface area contributed by atoms with Crippen molar-refractivity contribution in [1.29, 1.82) is 5.26 Å². The van der Waals surface area contributed by atoms with Crippen molar-refractivity contribution in [1.82, 2.24) is 4.98 Å². The van der Waals surface area contributed by atoms with Crippen molar-refractivity contribution in [3.05, 3.63) is 76.6 Å². The molecule has 0 spiro atoms. The minimum atomic E-state index is -0.882. The number of hydrogen-bond acceptors (Lipinski definition) is 6. The number of carbonyl (C=O) groups is 2. The summed E-state index contributed by atoms with van der Waals surface area (Å²) in [4.78, 5) is 29.4. The second-order valence-corrected chi connectivity index (χ2v) is 10.9. The highest BCUT2D eigenvalue weighted by molar-refractivity contribution is 7.22. The fourth-order valence-electron chi connectivity index (χ4n) is 3.81. The minimum absolute atomic E-state index is 0.0248. The number of anilines is 2. The number of thiazole rings is 1. The maximum atomic E-state index is 14.6. The summed E-state index contributed by atoms with van der Waals surface area (Å²) in [6.07, 6.45) is 1.80. The molecule has 1 saturated carbocycles. The molecule has 4 aromatic rings. The summed E-state index contributed by atoms with van der Waals surface area (Å²) in [6.45, 7) is 3.43. The summed E-state index contributed by atoms with van der Waals surface area (Å²) < 4.78 is 21.2.